The van der Waals surface area contributed by atoms with Gasteiger partial charge in [-0.05, 0) is 38.1 Å². The third-order valence-corrected chi connectivity index (χ3v) is 2.99. The third kappa shape index (κ3) is 3.09. The minimum atomic E-state index is -0.173. The van der Waals surface area contributed by atoms with Crippen LogP contribution in [-0.2, 0) is 0 Å². The van der Waals surface area contributed by atoms with Crippen molar-refractivity contribution >= 4 is 17.3 Å². The lowest BCUT2D eigenvalue weighted by atomic mass is 10.1. The molecule has 0 bridgehead atoms. The fourth-order valence-corrected chi connectivity index (χ4v) is 2.08. The summed E-state index contributed by atoms with van der Waals surface area (Å²) in [4.78, 5) is 12.2. The molecule has 4 heteroatoms. The maximum atomic E-state index is 12.2. The third-order valence-electron chi connectivity index (χ3n) is 2.99. The van der Waals surface area contributed by atoms with Crippen LogP contribution in [0.15, 0.2) is 36.4 Å². The van der Waals surface area contributed by atoms with Gasteiger partial charge in [0.1, 0.15) is 5.75 Å². The molecule has 1 amide bonds. The summed E-state index contributed by atoms with van der Waals surface area (Å²) in [5, 5.41) is 2.81. The van der Waals surface area contributed by atoms with E-state index in [1.807, 2.05) is 32.0 Å². The van der Waals surface area contributed by atoms with Crippen molar-refractivity contribution in [3.05, 3.63) is 53.1 Å². The van der Waals surface area contributed by atoms with E-state index in [0.717, 1.165) is 11.1 Å². The van der Waals surface area contributed by atoms with E-state index in [-0.39, 0.29) is 5.91 Å². The van der Waals surface area contributed by atoms with Gasteiger partial charge in [0.2, 0.25) is 0 Å². The molecule has 0 aliphatic heterocycles. The van der Waals surface area contributed by atoms with Gasteiger partial charge in [-0.3, -0.25) is 4.79 Å². The molecular weight excluding hydrogens is 252 g/mol. The zero-order valence-corrected chi connectivity index (χ0v) is 11.9. The Labute approximate surface area is 118 Å². The fourth-order valence-electron chi connectivity index (χ4n) is 2.08. The first-order valence-electron chi connectivity index (χ1n) is 6.33. The van der Waals surface area contributed by atoms with E-state index in [2.05, 4.69) is 5.32 Å². The number of nitrogens with two attached hydrogens (primary N) is 1. The molecule has 0 atom stereocenters. The van der Waals surface area contributed by atoms with Crippen LogP contribution in [0.2, 0.25) is 0 Å². The minimum absolute atomic E-state index is 0.173. The van der Waals surface area contributed by atoms with Crippen LogP contribution in [0.3, 0.4) is 0 Å². The van der Waals surface area contributed by atoms with E-state index < -0.39 is 0 Å². The lowest BCUT2D eigenvalue weighted by molar-refractivity contribution is 0.102. The number of rotatable bonds is 3. The number of anilines is 2. The molecule has 2 rings (SSSR count). The van der Waals surface area contributed by atoms with Gasteiger partial charge in [-0.25, -0.2) is 0 Å². The van der Waals surface area contributed by atoms with Crippen LogP contribution in [0.5, 0.6) is 5.75 Å². The molecular formula is C16H18N2O2. The van der Waals surface area contributed by atoms with Crippen LogP contribution in [0, 0.1) is 13.8 Å². The van der Waals surface area contributed by atoms with E-state index >= 15 is 0 Å². The molecule has 0 saturated heterocycles. The van der Waals surface area contributed by atoms with Crippen molar-refractivity contribution in [2.75, 3.05) is 18.2 Å². The standard InChI is InChI=1S/C16H18N2O2/c1-10-6-11(2)8-12(7-10)16(19)18-15-5-4-13(20-3)9-14(15)17/h4-9H,17H2,1-3H3,(H,18,19). The summed E-state index contributed by atoms with van der Waals surface area (Å²) >= 11 is 0. The summed E-state index contributed by atoms with van der Waals surface area (Å²) in [5.74, 6) is 0.487. The summed E-state index contributed by atoms with van der Waals surface area (Å²) in [7, 11) is 1.57. The van der Waals surface area contributed by atoms with Crippen LogP contribution in [0.25, 0.3) is 0 Å². The Morgan fingerprint density at radius 3 is 2.30 bits per heavy atom. The number of amides is 1. The second-order valence-corrected chi connectivity index (χ2v) is 4.78. The second kappa shape index (κ2) is 5.65. The predicted octanol–water partition coefficient (Wildman–Crippen LogP) is 3.15. The van der Waals surface area contributed by atoms with E-state index in [9.17, 15) is 4.79 Å². The number of nitrogens with one attached hydrogen (secondary N) is 1. The number of aryl methyl sites for hydroxylation is 2. The molecule has 104 valence electrons. The van der Waals surface area contributed by atoms with Crippen molar-refractivity contribution in [2.45, 2.75) is 13.8 Å². The molecule has 3 N–H and O–H groups in total. The Kier molecular flexibility index (Phi) is 3.94. The molecule has 0 aliphatic carbocycles. The Bertz CT molecular complexity index is 631. The fraction of sp³-hybridized carbons (Fsp3) is 0.188. The highest BCUT2D eigenvalue weighted by Crippen LogP contribution is 2.24. The average molecular weight is 270 g/mol. The first-order chi connectivity index (χ1) is 9.49. The smallest absolute Gasteiger partial charge is 0.255 e. The Balaban J connectivity index is 2.23. The highest BCUT2D eigenvalue weighted by atomic mass is 16.5. The maximum absolute atomic E-state index is 12.2. The molecule has 2 aromatic carbocycles. The van der Waals surface area contributed by atoms with Crippen molar-refractivity contribution < 1.29 is 9.53 Å². The number of ether oxygens (including phenoxy) is 1. The lowest BCUT2D eigenvalue weighted by Gasteiger charge is -2.10. The molecule has 20 heavy (non-hydrogen) atoms. The Morgan fingerprint density at radius 1 is 1.10 bits per heavy atom. The van der Waals surface area contributed by atoms with Gasteiger partial charge < -0.3 is 15.8 Å². The molecule has 2 aromatic rings. The number of hydrogen-bond donors (Lipinski definition) is 2. The molecule has 0 heterocycles. The summed E-state index contributed by atoms with van der Waals surface area (Å²) < 4.78 is 5.08. The molecule has 0 fully saturated rings. The maximum Gasteiger partial charge on any atom is 0.255 e. The minimum Gasteiger partial charge on any atom is -0.497 e. The van der Waals surface area contributed by atoms with E-state index in [1.54, 1.807) is 25.3 Å². The highest BCUT2D eigenvalue weighted by Gasteiger charge is 2.09. The van der Waals surface area contributed by atoms with Crippen LogP contribution in [0.1, 0.15) is 21.5 Å². The topological polar surface area (TPSA) is 64.3 Å². The predicted molar refractivity (Wildman–Crippen MR) is 81.3 cm³/mol. The monoisotopic (exact) mass is 270 g/mol. The van der Waals surface area contributed by atoms with Gasteiger partial charge in [-0.1, -0.05) is 17.2 Å². The summed E-state index contributed by atoms with van der Waals surface area (Å²) in [6.45, 7) is 3.93. The van der Waals surface area contributed by atoms with Gasteiger partial charge in [0, 0.05) is 11.6 Å². The highest BCUT2D eigenvalue weighted by molar-refractivity contribution is 6.06. The Morgan fingerprint density at radius 2 is 1.75 bits per heavy atom. The van der Waals surface area contributed by atoms with Crippen LogP contribution in [-0.4, -0.2) is 13.0 Å². The van der Waals surface area contributed by atoms with E-state index in [1.165, 1.54) is 0 Å². The van der Waals surface area contributed by atoms with Crippen molar-refractivity contribution in [2.24, 2.45) is 0 Å². The second-order valence-electron chi connectivity index (χ2n) is 4.78. The van der Waals surface area contributed by atoms with Crippen LogP contribution >= 0.6 is 0 Å². The number of hydrogen-bond acceptors (Lipinski definition) is 3. The first-order valence-corrected chi connectivity index (χ1v) is 6.33. The molecule has 0 aromatic heterocycles. The zero-order valence-electron chi connectivity index (χ0n) is 11.9. The number of benzene rings is 2. The molecule has 0 radical (unpaired) electrons. The molecule has 0 unspecified atom stereocenters. The summed E-state index contributed by atoms with van der Waals surface area (Å²) in [5.41, 5.74) is 9.67. The van der Waals surface area contributed by atoms with Crippen molar-refractivity contribution in [3.8, 4) is 5.75 Å². The van der Waals surface area contributed by atoms with Crippen LogP contribution < -0.4 is 15.8 Å². The van der Waals surface area contributed by atoms with Gasteiger partial charge in [-0.15, -0.1) is 0 Å². The quantitative estimate of drug-likeness (QED) is 0.842. The number of carbonyl (C=O) groups excluding carboxylic acids is 1. The van der Waals surface area contributed by atoms with E-state index in [4.69, 9.17) is 10.5 Å². The zero-order chi connectivity index (χ0) is 14.7. The summed E-state index contributed by atoms with van der Waals surface area (Å²) in [6, 6.07) is 10.9. The van der Waals surface area contributed by atoms with Gasteiger partial charge in [0.05, 0.1) is 18.5 Å². The average Bonchev–Trinajstić information content (AvgIpc) is 2.39. The molecule has 0 spiro atoms. The number of carbonyl (C=O) groups is 1. The van der Waals surface area contributed by atoms with Crippen molar-refractivity contribution in [1.29, 1.82) is 0 Å². The van der Waals surface area contributed by atoms with Gasteiger partial charge in [0.15, 0.2) is 0 Å². The lowest BCUT2D eigenvalue weighted by Crippen LogP contribution is -2.13. The number of nitrogen functional groups attached to an aromatic ring is 1. The first kappa shape index (κ1) is 13.9. The van der Waals surface area contributed by atoms with Crippen molar-refractivity contribution in [3.63, 3.8) is 0 Å². The largest absolute Gasteiger partial charge is 0.497 e. The molecule has 4 nitrogen and oxygen atoms in total. The van der Waals surface area contributed by atoms with Crippen LogP contribution in [0.4, 0.5) is 11.4 Å². The molecule has 0 saturated carbocycles. The van der Waals surface area contributed by atoms with Gasteiger partial charge >= 0.3 is 0 Å². The normalized spacial score (nSPS) is 10.2. The van der Waals surface area contributed by atoms with E-state index in [0.29, 0.717) is 22.7 Å². The summed E-state index contributed by atoms with van der Waals surface area (Å²) in [6.07, 6.45) is 0. The van der Waals surface area contributed by atoms with Gasteiger partial charge in [0.25, 0.3) is 5.91 Å². The SMILES string of the molecule is COc1ccc(NC(=O)c2cc(C)cc(C)c2)c(N)c1. The number of methoxy groups -OCH3 is 1. The van der Waals surface area contributed by atoms with Crippen molar-refractivity contribution in [1.82, 2.24) is 0 Å². The Hall–Kier alpha value is -2.49. The molecule has 0 aliphatic rings. The van der Waals surface area contributed by atoms with Gasteiger partial charge in [-0.2, -0.15) is 0 Å².